The van der Waals surface area contributed by atoms with E-state index in [-0.39, 0.29) is 0 Å². The van der Waals surface area contributed by atoms with Gasteiger partial charge in [-0.3, -0.25) is 0 Å². The Hall–Kier alpha value is -1.94. The van der Waals surface area contributed by atoms with E-state index in [0.29, 0.717) is 0 Å². The van der Waals surface area contributed by atoms with Gasteiger partial charge in [0.15, 0.2) is 11.5 Å². The van der Waals surface area contributed by atoms with E-state index in [1.165, 1.54) is 5.56 Å². The number of aryl methyl sites for hydroxylation is 1. The van der Waals surface area contributed by atoms with Crippen LogP contribution < -0.4 is 14.8 Å². The standard InChI is InChI=1S/C16H21NO3/c1-12-4-6-14(20-12)11-17-9-8-13-5-7-15(18-2)16(10-13)19-3/h4-7,10,17H,8-9,11H2,1-3H3. The Labute approximate surface area is 119 Å². The molecule has 0 fully saturated rings. The number of methoxy groups -OCH3 is 2. The predicted octanol–water partition coefficient (Wildman–Crippen LogP) is 2.94. The Kier molecular flexibility index (Phi) is 5.07. The van der Waals surface area contributed by atoms with Crippen molar-refractivity contribution in [1.82, 2.24) is 5.32 Å². The number of furan rings is 1. The van der Waals surface area contributed by atoms with Crippen molar-refractivity contribution in [3.63, 3.8) is 0 Å². The lowest BCUT2D eigenvalue weighted by molar-refractivity contribution is 0.354. The van der Waals surface area contributed by atoms with Crippen molar-refractivity contribution in [3.05, 3.63) is 47.4 Å². The van der Waals surface area contributed by atoms with Crippen LogP contribution in [-0.2, 0) is 13.0 Å². The molecule has 0 radical (unpaired) electrons. The van der Waals surface area contributed by atoms with Gasteiger partial charge in [0.25, 0.3) is 0 Å². The molecule has 1 aromatic heterocycles. The lowest BCUT2D eigenvalue weighted by Crippen LogP contribution is -2.16. The molecule has 108 valence electrons. The lowest BCUT2D eigenvalue weighted by Gasteiger charge is -2.09. The predicted molar refractivity (Wildman–Crippen MR) is 78.4 cm³/mol. The van der Waals surface area contributed by atoms with Crippen LogP contribution in [0.4, 0.5) is 0 Å². The molecule has 0 saturated carbocycles. The summed E-state index contributed by atoms with van der Waals surface area (Å²) in [5, 5.41) is 3.36. The van der Waals surface area contributed by atoms with Crippen molar-refractivity contribution in [1.29, 1.82) is 0 Å². The normalized spacial score (nSPS) is 10.6. The van der Waals surface area contributed by atoms with Gasteiger partial charge in [-0.15, -0.1) is 0 Å². The summed E-state index contributed by atoms with van der Waals surface area (Å²) in [6.07, 6.45) is 0.931. The molecule has 0 bridgehead atoms. The number of ether oxygens (including phenoxy) is 2. The Balaban J connectivity index is 1.82. The van der Waals surface area contributed by atoms with Gasteiger partial charge in [-0.05, 0) is 49.7 Å². The molecular formula is C16H21NO3. The van der Waals surface area contributed by atoms with E-state index >= 15 is 0 Å². The summed E-state index contributed by atoms with van der Waals surface area (Å²) in [5.41, 5.74) is 1.21. The summed E-state index contributed by atoms with van der Waals surface area (Å²) in [6, 6.07) is 9.98. The number of nitrogens with one attached hydrogen (secondary N) is 1. The topological polar surface area (TPSA) is 43.6 Å². The summed E-state index contributed by atoms with van der Waals surface area (Å²) in [7, 11) is 3.30. The highest BCUT2D eigenvalue weighted by Crippen LogP contribution is 2.27. The Morgan fingerprint density at radius 2 is 1.85 bits per heavy atom. The minimum atomic E-state index is 0.751. The molecule has 1 N–H and O–H groups in total. The molecule has 0 saturated heterocycles. The first kappa shape index (κ1) is 14.5. The lowest BCUT2D eigenvalue weighted by atomic mass is 10.1. The quantitative estimate of drug-likeness (QED) is 0.789. The van der Waals surface area contributed by atoms with Gasteiger partial charge in [-0.25, -0.2) is 0 Å². The first-order valence-electron chi connectivity index (χ1n) is 6.70. The highest BCUT2D eigenvalue weighted by atomic mass is 16.5. The van der Waals surface area contributed by atoms with Crippen LogP contribution in [0.2, 0.25) is 0 Å². The molecule has 0 atom stereocenters. The average Bonchev–Trinajstić information content (AvgIpc) is 2.89. The van der Waals surface area contributed by atoms with Crippen LogP contribution in [0.3, 0.4) is 0 Å². The molecule has 2 aromatic rings. The molecule has 4 nitrogen and oxygen atoms in total. The zero-order valence-corrected chi connectivity index (χ0v) is 12.2. The number of hydrogen-bond donors (Lipinski definition) is 1. The van der Waals surface area contributed by atoms with Gasteiger partial charge in [0.1, 0.15) is 11.5 Å². The molecule has 1 heterocycles. The third-order valence-electron chi connectivity index (χ3n) is 3.13. The molecule has 0 spiro atoms. The van der Waals surface area contributed by atoms with E-state index in [1.807, 2.05) is 31.2 Å². The molecule has 0 aliphatic rings. The number of benzene rings is 1. The van der Waals surface area contributed by atoms with Crippen LogP contribution >= 0.6 is 0 Å². The van der Waals surface area contributed by atoms with Gasteiger partial charge >= 0.3 is 0 Å². The Bertz CT molecular complexity index is 548. The summed E-state index contributed by atoms with van der Waals surface area (Å²) in [5.74, 6) is 3.44. The van der Waals surface area contributed by atoms with E-state index < -0.39 is 0 Å². The minimum absolute atomic E-state index is 0.751. The zero-order chi connectivity index (χ0) is 14.4. The van der Waals surface area contributed by atoms with Crippen molar-refractivity contribution in [2.75, 3.05) is 20.8 Å². The highest BCUT2D eigenvalue weighted by Gasteiger charge is 2.04. The second kappa shape index (κ2) is 7.01. The van der Waals surface area contributed by atoms with E-state index in [4.69, 9.17) is 13.9 Å². The van der Waals surface area contributed by atoms with Crippen molar-refractivity contribution < 1.29 is 13.9 Å². The summed E-state index contributed by atoms with van der Waals surface area (Å²) in [4.78, 5) is 0. The van der Waals surface area contributed by atoms with Crippen molar-refractivity contribution in [3.8, 4) is 11.5 Å². The van der Waals surface area contributed by atoms with Crippen molar-refractivity contribution >= 4 is 0 Å². The molecule has 20 heavy (non-hydrogen) atoms. The molecule has 0 unspecified atom stereocenters. The fourth-order valence-electron chi connectivity index (χ4n) is 2.06. The third-order valence-corrected chi connectivity index (χ3v) is 3.13. The molecule has 0 aliphatic heterocycles. The number of hydrogen-bond acceptors (Lipinski definition) is 4. The average molecular weight is 275 g/mol. The van der Waals surface area contributed by atoms with Gasteiger partial charge in [0.05, 0.1) is 20.8 Å². The fourth-order valence-corrected chi connectivity index (χ4v) is 2.06. The third kappa shape index (κ3) is 3.78. The van der Waals surface area contributed by atoms with Crippen LogP contribution in [-0.4, -0.2) is 20.8 Å². The molecule has 1 aromatic carbocycles. The van der Waals surface area contributed by atoms with E-state index in [0.717, 1.165) is 42.5 Å². The van der Waals surface area contributed by atoms with Gasteiger partial charge in [-0.2, -0.15) is 0 Å². The van der Waals surface area contributed by atoms with Crippen molar-refractivity contribution in [2.45, 2.75) is 19.9 Å². The molecular weight excluding hydrogens is 254 g/mol. The summed E-state index contributed by atoms with van der Waals surface area (Å²) in [6.45, 7) is 3.59. The Morgan fingerprint density at radius 3 is 2.50 bits per heavy atom. The number of rotatable bonds is 7. The fraction of sp³-hybridized carbons (Fsp3) is 0.375. The second-order valence-corrected chi connectivity index (χ2v) is 4.63. The molecule has 2 rings (SSSR count). The summed E-state index contributed by atoms with van der Waals surface area (Å²) >= 11 is 0. The van der Waals surface area contributed by atoms with Gasteiger partial charge in [-0.1, -0.05) is 6.07 Å². The smallest absolute Gasteiger partial charge is 0.160 e. The van der Waals surface area contributed by atoms with Gasteiger partial charge in [0, 0.05) is 0 Å². The molecule has 4 heteroatoms. The largest absolute Gasteiger partial charge is 0.493 e. The Morgan fingerprint density at radius 1 is 1.05 bits per heavy atom. The SMILES string of the molecule is COc1ccc(CCNCc2ccc(C)o2)cc1OC. The molecule has 0 aliphatic carbocycles. The van der Waals surface area contributed by atoms with Crippen LogP contribution in [0.25, 0.3) is 0 Å². The van der Waals surface area contributed by atoms with Crippen LogP contribution in [0.5, 0.6) is 11.5 Å². The van der Waals surface area contributed by atoms with Crippen LogP contribution in [0.15, 0.2) is 34.7 Å². The van der Waals surface area contributed by atoms with E-state index in [2.05, 4.69) is 11.4 Å². The van der Waals surface area contributed by atoms with E-state index in [9.17, 15) is 0 Å². The van der Waals surface area contributed by atoms with Crippen LogP contribution in [0.1, 0.15) is 17.1 Å². The second-order valence-electron chi connectivity index (χ2n) is 4.63. The summed E-state index contributed by atoms with van der Waals surface area (Å²) < 4.78 is 16.0. The minimum Gasteiger partial charge on any atom is -0.493 e. The maximum absolute atomic E-state index is 5.50. The molecule has 0 amide bonds. The first-order valence-corrected chi connectivity index (χ1v) is 6.70. The van der Waals surface area contributed by atoms with Crippen LogP contribution in [0, 0.1) is 6.92 Å². The van der Waals surface area contributed by atoms with Gasteiger partial charge in [0.2, 0.25) is 0 Å². The maximum Gasteiger partial charge on any atom is 0.160 e. The van der Waals surface area contributed by atoms with E-state index in [1.54, 1.807) is 14.2 Å². The first-order chi connectivity index (χ1) is 9.72. The highest BCUT2D eigenvalue weighted by molar-refractivity contribution is 5.42. The zero-order valence-electron chi connectivity index (χ0n) is 12.2. The van der Waals surface area contributed by atoms with Gasteiger partial charge < -0.3 is 19.2 Å². The van der Waals surface area contributed by atoms with Crippen molar-refractivity contribution in [2.24, 2.45) is 0 Å². The monoisotopic (exact) mass is 275 g/mol. The maximum atomic E-state index is 5.50.